The van der Waals surface area contributed by atoms with Gasteiger partial charge in [0, 0.05) is 13.1 Å². The molecular formula is C12H18N4O3S2. The topological polar surface area (TPSA) is 105 Å². The number of rotatable bonds is 3. The Labute approximate surface area is 127 Å². The van der Waals surface area contributed by atoms with Gasteiger partial charge in [0.25, 0.3) is 0 Å². The molecular weight excluding hydrogens is 312 g/mol. The molecule has 2 unspecified atom stereocenters. The number of aromatic nitrogens is 1. The van der Waals surface area contributed by atoms with Crippen LogP contribution in [0.4, 0.5) is 10.8 Å². The maximum absolute atomic E-state index is 12.3. The number of nitrogen functional groups attached to an aromatic ring is 1. The molecule has 0 bridgehead atoms. The van der Waals surface area contributed by atoms with Gasteiger partial charge in [-0.25, -0.2) is 8.42 Å². The summed E-state index contributed by atoms with van der Waals surface area (Å²) in [5.74, 6) is 0.0412. The Hall–Kier alpha value is -1.35. The highest BCUT2D eigenvalue weighted by molar-refractivity contribution is 7.91. The zero-order valence-electron chi connectivity index (χ0n) is 11.7. The maximum Gasteiger partial charge on any atom is 0.225 e. The van der Waals surface area contributed by atoms with Crippen LogP contribution < -0.4 is 16.0 Å². The number of anilines is 2. The molecule has 116 valence electrons. The SMILES string of the molecule is CCS(=O)(=O)c1c(N)nsc1N1CCCC2C(=O)NCC21. The number of fused-ring (bicyclic) bond motifs is 1. The quantitative estimate of drug-likeness (QED) is 0.822. The smallest absolute Gasteiger partial charge is 0.225 e. The fourth-order valence-electron chi connectivity index (χ4n) is 3.11. The standard InChI is InChI=1S/C12H18N4O3S2/c1-2-21(18,19)9-10(13)15-20-12(9)16-5-3-4-7-8(16)6-14-11(7)17/h7-8H,2-6H2,1H3,(H2,13,15)(H,14,17). The predicted molar refractivity (Wildman–Crippen MR) is 81.1 cm³/mol. The van der Waals surface area contributed by atoms with Crippen LogP contribution in [0.3, 0.4) is 0 Å². The first-order valence-corrected chi connectivity index (χ1v) is 9.40. The van der Waals surface area contributed by atoms with E-state index >= 15 is 0 Å². The molecule has 1 aromatic heterocycles. The number of hydrogen-bond acceptors (Lipinski definition) is 7. The minimum Gasteiger partial charge on any atom is -0.382 e. The second kappa shape index (κ2) is 5.13. The molecule has 1 aromatic rings. The lowest BCUT2D eigenvalue weighted by Gasteiger charge is -2.36. The summed E-state index contributed by atoms with van der Waals surface area (Å²) in [6, 6.07) is -0.00286. The molecule has 3 heterocycles. The minimum absolute atomic E-state index is 0.00286. The van der Waals surface area contributed by atoms with E-state index in [1.165, 1.54) is 0 Å². The third kappa shape index (κ3) is 2.28. The first-order chi connectivity index (χ1) is 9.95. The van der Waals surface area contributed by atoms with Gasteiger partial charge in [-0.3, -0.25) is 4.79 Å². The largest absolute Gasteiger partial charge is 0.382 e. The molecule has 0 spiro atoms. The van der Waals surface area contributed by atoms with Gasteiger partial charge < -0.3 is 16.0 Å². The van der Waals surface area contributed by atoms with Gasteiger partial charge in [-0.05, 0) is 24.4 Å². The van der Waals surface area contributed by atoms with Crippen molar-refractivity contribution in [2.45, 2.75) is 30.7 Å². The Kier molecular flexibility index (Phi) is 3.56. The average molecular weight is 330 g/mol. The molecule has 0 radical (unpaired) electrons. The summed E-state index contributed by atoms with van der Waals surface area (Å²) >= 11 is 1.11. The van der Waals surface area contributed by atoms with Gasteiger partial charge >= 0.3 is 0 Å². The number of nitrogens with two attached hydrogens (primary N) is 1. The monoisotopic (exact) mass is 330 g/mol. The van der Waals surface area contributed by atoms with Crippen LogP contribution in [-0.2, 0) is 14.6 Å². The number of nitrogens with zero attached hydrogens (tertiary/aromatic N) is 2. The Bertz CT molecular complexity index is 670. The summed E-state index contributed by atoms with van der Waals surface area (Å²) in [5, 5.41) is 3.45. The van der Waals surface area contributed by atoms with Crippen LogP contribution in [0.25, 0.3) is 0 Å². The summed E-state index contributed by atoms with van der Waals surface area (Å²) in [5.41, 5.74) is 5.79. The van der Waals surface area contributed by atoms with E-state index in [2.05, 4.69) is 9.69 Å². The normalized spacial score (nSPS) is 25.8. The highest BCUT2D eigenvalue weighted by Crippen LogP contribution is 2.40. The summed E-state index contributed by atoms with van der Waals surface area (Å²) in [6.45, 7) is 2.87. The van der Waals surface area contributed by atoms with Gasteiger partial charge in [0.15, 0.2) is 15.7 Å². The van der Waals surface area contributed by atoms with Gasteiger partial charge in [-0.2, -0.15) is 4.37 Å². The van der Waals surface area contributed by atoms with E-state index in [1.807, 2.05) is 4.90 Å². The Morgan fingerprint density at radius 3 is 3.00 bits per heavy atom. The number of nitrogens with one attached hydrogen (secondary N) is 1. The molecule has 2 aliphatic rings. The number of amides is 1. The lowest BCUT2D eigenvalue weighted by atomic mass is 9.92. The molecule has 2 atom stereocenters. The van der Waals surface area contributed by atoms with Gasteiger partial charge in [0.1, 0.15) is 9.90 Å². The van der Waals surface area contributed by atoms with E-state index in [9.17, 15) is 13.2 Å². The van der Waals surface area contributed by atoms with Gasteiger partial charge in [0.2, 0.25) is 5.91 Å². The number of hydrogen-bond donors (Lipinski definition) is 2. The number of carbonyl (C=O) groups excluding carboxylic acids is 1. The second-order valence-corrected chi connectivity index (χ2v) is 8.33. The van der Waals surface area contributed by atoms with Gasteiger partial charge in [-0.1, -0.05) is 6.92 Å². The minimum atomic E-state index is -3.43. The number of sulfone groups is 1. The van der Waals surface area contributed by atoms with E-state index in [1.54, 1.807) is 6.92 Å². The second-order valence-electron chi connectivity index (χ2n) is 5.36. The van der Waals surface area contributed by atoms with E-state index in [-0.39, 0.29) is 34.3 Å². The summed E-state index contributed by atoms with van der Waals surface area (Å²) < 4.78 is 28.6. The first kappa shape index (κ1) is 14.6. The zero-order chi connectivity index (χ0) is 15.2. The van der Waals surface area contributed by atoms with Crippen LogP contribution in [0.15, 0.2) is 4.90 Å². The molecule has 3 rings (SSSR count). The molecule has 0 saturated carbocycles. The average Bonchev–Trinajstić information content (AvgIpc) is 3.03. The van der Waals surface area contributed by atoms with Crippen LogP contribution in [-0.4, -0.2) is 43.6 Å². The Morgan fingerprint density at radius 2 is 2.29 bits per heavy atom. The van der Waals surface area contributed by atoms with Crippen molar-refractivity contribution in [3.8, 4) is 0 Å². The lowest BCUT2D eigenvalue weighted by Crippen LogP contribution is -2.45. The van der Waals surface area contributed by atoms with Crippen LogP contribution in [0, 0.1) is 5.92 Å². The van der Waals surface area contributed by atoms with Crippen molar-refractivity contribution < 1.29 is 13.2 Å². The summed E-state index contributed by atoms with van der Waals surface area (Å²) in [7, 11) is -3.43. The van der Waals surface area contributed by atoms with E-state index < -0.39 is 9.84 Å². The molecule has 2 saturated heterocycles. The predicted octanol–water partition coefficient (Wildman–Crippen LogP) is 0.234. The van der Waals surface area contributed by atoms with Crippen molar-refractivity contribution in [1.29, 1.82) is 0 Å². The van der Waals surface area contributed by atoms with E-state index in [0.717, 1.165) is 30.9 Å². The van der Waals surface area contributed by atoms with E-state index in [0.29, 0.717) is 11.5 Å². The molecule has 2 fully saturated rings. The summed E-state index contributed by atoms with van der Waals surface area (Å²) in [4.78, 5) is 14.0. The lowest BCUT2D eigenvalue weighted by molar-refractivity contribution is -0.122. The molecule has 1 amide bonds. The van der Waals surface area contributed by atoms with Crippen LogP contribution in [0.1, 0.15) is 19.8 Å². The number of carbonyl (C=O) groups is 1. The summed E-state index contributed by atoms with van der Waals surface area (Å²) in [6.07, 6.45) is 1.70. The Balaban J connectivity index is 2.03. The third-order valence-electron chi connectivity index (χ3n) is 4.21. The van der Waals surface area contributed by atoms with Crippen LogP contribution in [0.2, 0.25) is 0 Å². The highest BCUT2D eigenvalue weighted by Gasteiger charge is 2.43. The van der Waals surface area contributed by atoms with Crippen molar-refractivity contribution in [1.82, 2.24) is 9.69 Å². The van der Waals surface area contributed by atoms with Crippen LogP contribution in [0.5, 0.6) is 0 Å². The molecule has 7 nitrogen and oxygen atoms in total. The maximum atomic E-state index is 12.3. The molecule has 9 heteroatoms. The fraction of sp³-hybridized carbons (Fsp3) is 0.667. The van der Waals surface area contributed by atoms with E-state index in [4.69, 9.17) is 5.73 Å². The van der Waals surface area contributed by atoms with Gasteiger partial charge in [-0.15, -0.1) is 0 Å². The molecule has 3 N–H and O–H groups in total. The highest BCUT2D eigenvalue weighted by atomic mass is 32.2. The molecule has 0 aromatic carbocycles. The zero-order valence-corrected chi connectivity index (χ0v) is 13.3. The molecule has 21 heavy (non-hydrogen) atoms. The van der Waals surface area contributed by atoms with Gasteiger partial charge in [0.05, 0.1) is 17.7 Å². The van der Waals surface area contributed by atoms with Crippen molar-refractivity contribution in [2.24, 2.45) is 5.92 Å². The van der Waals surface area contributed by atoms with Crippen molar-refractivity contribution in [3.63, 3.8) is 0 Å². The van der Waals surface area contributed by atoms with Crippen molar-refractivity contribution in [3.05, 3.63) is 0 Å². The van der Waals surface area contributed by atoms with Crippen molar-refractivity contribution in [2.75, 3.05) is 29.5 Å². The van der Waals surface area contributed by atoms with Crippen molar-refractivity contribution >= 4 is 38.1 Å². The fourth-order valence-corrected chi connectivity index (χ4v) is 5.49. The Morgan fingerprint density at radius 1 is 1.52 bits per heavy atom. The molecule has 0 aliphatic carbocycles. The molecule has 2 aliphatic heterocycles. The third-order valence-corrected chi connectivity index (χ3v) is 7.02. The first-order valence-electron chi connectivity index (χ1n) is 6.98. The van der Waals surface area contributed by atoms with Crippen LogP contribution >= 0.6 is 11.5 Å². The number of piperidine rings is 1.